The normalized spacial score (nSPS) is 10.8. The predicted molar refractivity (Wildman–Crippen MR) is 69.5 cm³/mol. The van der Waals surface area contributed by atoms with E-state index in [1.807, 2.05) is 0 Å². The third kappa shape index (κ3) is 1.97. The number of anilines is 1. The van der Waals surface area contributed by atoms with Crippen LogP contribution in [0.4, 0.5) is 14.6 Å². The third-order valence-corrected chi connectivity index (χ3v) is 3.46. The van der Waals surface area contributed by atoms with Gasteiger partial charge in [-0.3, -0.25) is 10.1 Å². The van der Waals surface area contributed by atoms with Crippen molar-refractivity contribution in [3.05, 3.63) is 41.5 Å². The van der Waals surface area contributed by atoms with Crippen molar-refractivity contribution in [1.29, 1.82) is 0 Å². The number of thiazole rings is 1. The molecule has 3 rings (SSSR count). The minimum atomic E-state index is -0.682. The van der Waals surface area contributed by atoms with Gasteiger partial charge in [-0.25, -0.2) is 8.78 Å². The molecular formula is C12H8F2N4S. The molecule has 0 radical (unpaired) electrons. The molecule has 0 amide bonds. The van der Waals surface area contributed by atoms with Crippen LogP contribution in [-0.4, -0.2) is 15.2 Å². The molecule has 0 bridgehead atoms. The summed E-state index contributed by atoms with van der Waals surface area (Å²) in [5.74, 6) is -1.16. The number of nitrogen functional groups attached to an aromatic ring is 1. The summed E-state index contributed by atoms with van der Waals surface area (Å²) in [6.07, 6.45) is 1.63. The van der Waals surface area contributed by atoms with Gasteiger partial charge in [0, 0.05) is 17.8 Å². The molecule has 0 aliphatic heterocycles. The quantitative estimate of drug-likeness (QED) is 0.757. The van der Waals surface area contributed by atoms with Gasteiger partial charge < -0.3 is 5.73 Å². The zero-order chi connectivity index (χ0) is 13.4. The smallest absolute Gasteiger partial charge is 0.153 e. The SMILES string of the molecule is Nc1n[nH]c(-c2cncs2)c1-c1ccc(F)cc1F. The van der Waals surface area contributed by atoms with Crippen LogP contribution in [0, 0.1) is 11.6 Å². The Labute approximate surface area is 110 Å². The molecule has 0 aliphatic rings. The first-order valence-electron chi connectivity index (χ1n) is 5.35. The summed E-state index contributed by atoms with van der Waals surface area (Å²) in [6, 6.07) is 3.34. The summed E-state index contributed by atoms with van der Waals surface area (Å²) in [5, 5.41) is 6.64. The zero-order valence-corrected chi connectivity index (χ0v) is 10.3. The van der Waals surface area contributed by atoms with E-state index in [0.717, 1.165) is 10.9 Å². The number of nitrogens with two attached hydrogens (primary N) is 1. The predicted octanol–water partition coefficient (Wildman–Crippen LogP) is 3.06. The number of nitrogens with one attached hydrogen (secondary N) is 1. The number of hydrogen-bond acceptors (Lipinski definition) is 4. The van der Waals surface area contributed by atoms with Crippen LogP contribution in [0.5, 0.6) is 0 Å². The number of H-pyrrole nitrogens is 1. The van der Waals surface area contributed by atoms with Gasteiger partial charge in [-0.2, -0.15) is 5.10 Å². The topological polar surface area (TPSA) is 67.6 Å². The molecule has 3 aromatic rings. The second-order valence-electron chi connectivity index (χ2n) is 3.85. The van der Waals surface area contributed by atoms with Crippen molar-refractivity contribution in [3.8, 4) is 21.7 Å². The van der Waals surface area contributed by atoms with Gasteiger partial charge in [0.25, 0.3) is 0 Å². The van der Waals surface area contributed by atoms with Crippen molar-refractivity contribution < 1.29 is 8.78 Å². The fraction of sp³-hybridized carbons (Fsp3) is 0. The van der Waals surface area contributed by atoms with Gasteiger partial charge >= 0.3 is 0 Å². The fourth-order valence-corrected chi connectivity index (χ4v) is 2.46. The zero-order valence-electron chi connectivity index (χ0n) is 9.52. The molecular weight excluding hydrogens is 270 g/mol. The minimum Gasteiger partial charge on any atom is -0.382 e. The third-order valence-electron chi connectivity index (χ3n) is 2.67. The maximum absolute atomic E-state index is 13.9. The molecule has 0 unspecified atom stereocenters. The maximum atomic E-state index is 13.9. The molecule has 0 aliphatic carbocycles. The van der Waals surface area contributed by atoms with Crippen molar-refractivity contribution in [1.82, 2.24) is 15.2 Å². The summed E-state index contributed by atoms with van der Waals surface area (Å²) >= 11 is 1.37. The number of benzene rings is 1. The summed E-state index contributed by atoms with van der Waals surface area (Å²) in [7, 11) is 0. The van der Waals surface area contributed by atoms with Gasteiger partial charge in [-0.1, -0.05) is 0 Å². The summed E-state index contributed by atoms with van der Waals surface area (Å²) in [6.45, 7) is 0. The van der Waals surface area contributed by atoms with Crippen LogP contribution in [0.15, 0.2) is 29.9 Å². The highest BCUT2D eigenvalue weighted by molar-refractivity contribution is 7.13. The average Bonchev–Trinajstić information content (AvgIpc) is 2.99. The molecule has 1 aromatic carbocycles. The van der Waals surface area contributed by atoms with E-state index in [9.17, 15) is 8.78 Å². The van der Waals surface area contributed by atoms with E-state index in [0.29, 0.717) is 11.3 Å². The Morgan fingerprint density at radius 2 is 2.11 bits per heavy atom. The highest BCUT2D eigenvalue weighted by Crippen LogP contribution is 2.37. The van der Waals surface area contributed by atoms with E-state index in [4.69, 9.17) is 5.73 Å². The van der Waals surface area contributed by atoms with E-state index in [-0.39, 0.29) is 11.4 Å². The first kappa shape index (κ1) is 11.8. The second kappa shape index (κ2) is 4.43. The first-order valence-corrected chi connectivity index (χ1v) is 6.23. The number of aromatic amines is 1. The molecule has 0 atom stereocenters. The summed E-state index contributed by atoms with van der Waals surface area (Å²) < 4.78 is 26.8. The van der Waals surface area contributed by atoms with Crippen molar-refractivity contribution in [2.45, 2.75) is 0 Å². The lowest BCUT2D eigenvalue weighted by Crippen LogP contribution is -1.92. The van der Waals surface area contributed by atoms with Crippen molar-refractivity contribution in [2.24, 2.45) is 0 Å². The van der Waals surface area contributed by atoms with E-state index >= 15 is 0 Å². The Balaban J connectivity index is 2.22. The van der Waals surface area contributed by atoms with Gasteiger partial charge in [0.05, 0.1) is 21.6 Å². The first-order chi connectivity index (χ1) is 9.16. The van der Waals surface area contributed by atoms with Crippen LogP contribution in [0.3, 0.4) is 0 Å². The standard InChI is InChI=1S/C12H8F2N4S/c13-6-1-2-7(8(14)3-6)10-11(17-18-12(10)15)9-4-16-5-19-9/h1-5H,(H3,15,17,18). The van der Waals surface area contributed by atoms with Crippen LogP contribution in [0.25, 0.3) is 21.7 Å². The van der Waals surface area contributed by atoms with Gasteiger partial charge in [0.2, 0.25) is 0 Å². The van der Waals surface area contributed by atoms with Crippen LogP contribution in [0.1, 0.15) is 0 Å². The van der Waals surface area contributed by atoms with Crippen LogP contribution in [-0.2, 0) is 0 Å². The molecule has 0 fully saturated rings. The van der Waals surface area contributed by atoms with Crippen molar-refractivity contribution in [3.63, 3.8) is 0 Å². The Kier molecular flexibility index (Phi) is 2.75. The van der Waals surface area contributed by atoms with Crippen LogP contribution < -0.4 is 5.73 Å². The molecule has 19 heavy (non-hydrogen) atoms. The summed E-state index contributed by atoms with van der Waals surface area (Å²) in [5.41, 5.74) is 8.62. The monoisotopic (exact) mass is 278 g/mol. The summed E-state index contributed by atoms with van der Waals surface area (Å²) in [4.78, 5) is 4.74. The average molecular weight is 278 g/mol. The molecule has 96 valence electrons. The van der Waals surface area contributed by atoms with Crippen molar-refractivity contribution in [2.75, 3.05) is 5.73 Å². The highest BCUT2D eigenvalue weighted by atomic mass is 32.1. The fourth-order valence-electron chi connectivity index (χ4n) is 1.84. The lowest BCUT2D eigenvalue weighted by atomic mass is 10.0. The molecule has 0 saturated heterocycles. The van der Waals surface area contributed by atoms with Gasteiger partial charge in [0.15, 0.2) is 5.82 Å². The highest BCUT2D eigenvalue weighted by Gasteiger charge is 2.19. The molecule has 0 spiro atoms. The van der Waals surface area contributed by atoms with Gasteiger partial charge in [0.1, 0.15) is 11.6 Å². The molecule has 3 N–H and O–H groups in total. The van der Waals surface area contributed by atoms with Crippen molar-refractivity contribution >= 4 is 17.2 Å². The Morgan fingerprint density at radius 3 is 2.79 bits per heavy atom. The van der Waals surface area contributed by atoms with E-state index in [2.05, 4.69) is 15.2 Å². The number of rotatable bonds is 2. The number of nitrogens with zero attached hydrogens (tertiary/aromatic N) is 2. The molecule has 7 heteroatoms. The Hall–Kier alpha value is -2.28. The Morgan fingerprint density at radius 1 is 1.26 bits per heavy atom. The minimum absolute atomic E-state index is 0.161. The largest absolute Gasteiger partial charge is 0.382 e. The van der Waals surface area contributed by atoms with E-state index < -0.39 is 11.6 Å². The lowest BCUT2D eigenvalue weighted by molar-refractivity contribution is 0.585. The van der Waals surface area contributed by atoms with Gasteiger partial charge in [-0.15, -0.1) is 11.3 Å². The lowest BCUT2D eigenvalue weighted by Gasteiger charge is -2.04. The van der Waals surface area contributed by atoms with E-state index in [1.165, 1.54) is 23.5 Å². The second-order valence-corrected chi connectivity index (χ2v) is 4.74. The molecule has 0 saturated carbocycles. The van der Waals surface area contributed by atoms with Crippen LogP contribution in [0.2, 0.25) is 0 Å². The molecule has 4 nitrogen and oxygen atoms in total. The molecule has 2 heterocycles. The number of hydrogen-bond donors (Lipinski definition) is 2. The van der Waals surface area contributed by atoms with Crippen LogP contribution >= 0.6 is 11.3 Å². The van der Waals surface area contributed by atoms with E-state index in [1.54, 1.807) is 11.7 Å². The van der Waals surface area contributed by atoms with Gasteiger partial charge in [-0.05, 0) is 12.1 Å². The number of halogens is 2. The number of aromatic nitrogens is 3. The maximum Gasteiger partial charge on any atom is 0.153 e. The molecule has 2 aromatic heterocycles. The Bertz CT molecular complexity index is 721.